The molecule has 1 aromatic carbocycles. The van der Waals surface area contributed by atoms with Crippen LogP contribution in [0.2, 0.25) is 0 Å². The highest BCUT2D eigenvalue weighted by Gasteiger charge is 2.19. The fraction of sp³-hybridized carbons (Fsp3) is 0.500. The summed E-state index contributed by atoms with van der Waals surface area (Å²) >= 11 is 3.36. The van der Waals surface area contributed by atoms with Crippen molar-refractivity contribution in [3.63, 3.8) is 0 Å². The van der Waals surface area contributed by atoms with Crippen LogP contribution >= 0.6 is 15.9 Å². The molecule has 2 N–H and O–H groups in total. The molecule has 0 unspecified atom stereocenters. The summed E-state index contributed by atoms with van der Waals surface area (Å²) < 4.78 is 1.00. The van der Waals surface area contributed by atoms with E-state index in [1.54, 1.807) is 0 Å². The molecule has 0 aliphatic carbocycles. The molecule has 0 aromatic heterocycles. The third-order valence-electron chi connectivity index (χ3n) is 3.36. The van der Waals surface area contributed by atoms with Gasteiger partial charge in [0.15, 0.2) is 0 Å². The predicted octanol–water partition coefficient (Wildman–Crippen LogP) is 3.56. The number of nitrogens with one attached hydrogen (secondary N) is 2. The number of carbonyl (C=O) groups is 1. The Kier molecular flexibility index (Phi) is 5.82. The molecule has 1 aromatic rings. The first kappa shape index (κ1) is 15.2. The van der Waals surface area contributed by atoms with Gasteiger partial charge in [-0.05, 0) is 44.0 Å². The molecule has 0 atom stereocenters. The molecule has 4 heteroatoms. The lowest BCUT2D eigenvalue weighted by Crippen LogP contribution is -2.45. The van der Waals surface area contributed by atoms with Crippen LogP contribution in [0.1, 0.15) is 33.6 Å². The van der Waals surface area contributed by atoms with Crippen molar-refractivity contribution in [1.29, 1.82) is 0 Å². The summed E-state index contributed by atoms with van der Waals surface area (Å²) in [7, 11) is 0. The van der Waals surface area contributed by atoms with Gasteiger partial charge < -0.3 is 10.6 Å². The van der Waals surface area contributed by atoms with Crippen LogP contribution < -0.4 is 10.6 Å². The lowest BCUT2D eigenvalue weighted by Gasteiger charge is -2.28. The van der Waals surface area contributed by atoms with Crippen molar-refractivity contribution >= 4 is 27.5 Å². The van der Waals surface area contributed by atoms with Gasteiger partial charge in [0, 0.05) is 15.7 Å². The van der Waals surface area contributed by atoms with E-state index in [0.717, 1.165) is 23.0 Å². The third-order valence-corrected chi connectivity index (χ3v) is 3.89. The Labute approximate surface area is 117 Å². The highest BCUT2D eigenvalue weighted by molar-refractivity contribution is 9.10. The van der Waals surface area contributed by atoms with Gasteiger partial charge in [0.2, 0.25) is 5.91 Å². The molecular formula is C14H21BrN2O. The molecular weight excluding hydrogens is 292 g/mol. The molecule has 18 heavy (non-hydrogen) atoms. The Morgan fingerprint density at radius 2 is 1.78 bits per heavy atom. The van der Waals surface area contributed by atoms with Crippen molar-refractivity contribution in [2.75, 3.05) is 11.9 Å². The number of hydrogen-bond acceptors (Lipinski definition) is 2. The second-order valence-electron chi connectivity index (χ2n) is 4.68. The topological polar surface area (TPSA) is 41.1 Å². The highest BCUT2D eigenvalue weighted by Crippen LogP contribution is 2.15. The third kappa shape index (κ3) is 4.78. The van der Waals surface area contributed by atoms with Gasteiger partial charge in [-0.1, -0.05) is 29.8 Å². The van der Waals surface area contributed by atoms with E-state index < -0.39 is 0 Å². The van der Waals surface area contributed by atoms with Crippen LogP contribution in [0, 0.1) is 0 Å². The van der Waals surface area contributed by atoms with Gasteiger partial charge >= 0.3 is 0 Å². The summed E-state index contributed by atoms with van der Waals surface area (Å²) in [5.74, 6) is -0.00884. The molecule has 0 saturated carbocycles. The monoisotopic (exact) mass is 312 g/mol. The summed E-state index contributed by atoms with van der Waals surface area (Å²) in [6.45, 7) is 6.74. The molecule has 3 nitrogen and oxygen atoms in total. The maximum absolute atomic E-state index is 11.8. The number of rotatable bonds is 6. The Morgan fingerprint density at radius 3 is 2.28 bits per heavy atom. The van der Waals surface area contributed by atoms with Gasteiger partial charge in [-0.15, -0.1) is 0 Å². The number of halogens is 1. The molecule has 0 spiro atoms. The summed E-state index contributed by atoms with van der Waals surface area (Å²) in [6, 6.07) is 7.57. The zero-order chi connectivity index (χ0) is 13.6. The van der Waals surface area contributed by atoms with E-state index >= 15 is 0 Å². The zero-order valence-electron chi connectivity index (χ0n) is 11.2. The van der Waals surface area contributed by atoms with E-state index in [9.17, 15) is 4.79 Å². The largest absolute Gasteiger partial charge is 0.325 e. The average molecular weight is 313 g/mol. The number of benzene rings is 1. The number of anilines is 1. The minimum atomic E-state index is -0.00884. The lowest BCUT2D eigenvalue weighted by molar-refractivity contribution is -0.115. The van der Waals surface area contributed by atoms with Crippen LogP contribution in [0.3, 0.4) is 0 Å². The second kappa shape index (κ2) is 6.90. The summed E-state index contributed by atoms with van der Waals surface area (Å²) in [5, 5.41) is 6.17. The number of carbonyl (C=O) groups excluding carboxylic acids is 1. The maximum atomic E-state index is 11.8. The lowest BCUT2D eigenvalue weighted by atomic mass is 9.96. The first-order valence-corrected chi connectivity index (χ1v) is 7.09. The van der Waals surface area contributed by atoms with Crippen LogP contribution in [-0.4, -0.2) is 18.0 Å². The molecule has 0 aliphatic rings. The molecule has 0 radical (unpaired) electrons. The Morgan fingerprint density at radius 1 is 1.22 bits per heavy atom. The van der Waals surface area contributed by atoms with Crippen molar-refractivity contribution in [2.45, 2.75) is 39.2 Å². The quantitative estimate of drug-likeness (QED) is 0.843. The molecule has 0 bridgehead atoms. The molecule has 0 heterocycles. The van der Waals surface area contributed by atoms with Gasteiger partial charge in [-0.2, -0.15) is 0 Å². The molecule has 0 fully saturated rings. The molecule has 100 valence electrons. The average Bonchev–Trinajstić information content (AvgIpc) is 2.39. The van der Waals surface area contributed by atoms with E-state index in [2.05, 4.69) is 47.3 Å². The van der Waals surface area contributed by atoms with Crippen molar-refractivity contribution < 1.29 is 4.79 Å². The predicted molar refractivity (Wildman–Crippen MR) is 79.8 cm³/mol. The van der Waals surface area contributed by atoms with E-state index in [-0.39, 0.29) is 11.4 Å². The van der Waals surface area contributed by atoms with Crippen LogP contribution in [-0.2, 0) is 4.79 Å². The second-order valence-corrected chi connectivity index (χ2v) is 5.59. The van der Waals surface area contributed by atoms with Gasteiger partial charge in [-0.3, -0.25) is 4.79 Å². The van der Waals surface area contributed by atoms with Crippen molar-refractivity contribution in [3.05, 3.63) is 28.7 Å². The Balaban J connectivity index is 2.45. The van der Waals surface area contributed by atoms with Crippen molar-refractivity contribution in [1.82, 2.24) is 5.32 Å². The Bertz CT molecular complexity index is 385. The van der Waals surface area contributed by atoms with Gasteiger partial charge in [0.05, 0.1) is 6.54 Å². The van der Waals surface area contributed by atoms with E-state index in [4.69, 9.17) is 0 Å². The summed E-state index contributed by atoms with van der Waals surface area (Å²) in [6.07, 6.45) is 2.02. The first-order valence-electron chi connectivity index (χ1n) is 6.29. The van der Waals surface area contributed by atoms with Crippen molar-refractivity contribution in [3.8, 4) is 0 Å². The summed E-state index contributed by atoms with van der Waals surface area (Å²) in [5.41, 5.74) is 0.858. The Hall–Kier alpha value is -0.870. The van der Waals surface area contributed by atoms with Crippen LogP contribution in [0.25, 0.3) is 0 Å². The molecule has 1 rings (SSSR count). The smallest absolute Gasteiger partial charge is 0.238 e. The molecule has 0 aliphatic heterocycles. The minimum absolute atomic E-state index is 0.00884. The maximum Gasteiger partial charge on any atom is 0.238 e. The van der Waals surface area contributed by atoms with E-state index in [1.165, 1.54) is 0 Å². The minimum Gasteiger partial charge on any atom is -0.325 e. The van der Waals surface area contributed by atoms with Crippen LogP contribution in [0.4, 0.5) is 5.69 Å². The van der Waals surface area contributed by atoms with E-state index in [1.807, 2.05) is 24.3 Å². The first-order chi connectivity index (χ1) is 8.49. The summed E-state index contributed by atoms with van der Waals surface area (Å²) in [4.78, 5) is 11.8. The fourth-order valence-electron chi connectivity index (χ4n) is 1.53. The SMILES string of the molecule is CCC(C)(CC)NCC(=O)Nc1ccc(Br)cc1. The van der Waals surface area contributed by atoms with Gasteiger partial charge in [0.25, 0.3) is 0 Å². The fourth-order valence-corrected chi connectivity index (χ4v) is 1.80. The number of amides is 1. The van der Waals surface area contributed by atoms with Crippen molar-refractivity contribution in [2.24, 2.45) is 0 Å². The van der Waals surface area contributed by atoms with Gasteiger partial charge in [-0.25, -0.2) is 0 Å². The van der Waals surface area contributed by atoms with Crippen LogP contribution in [0.5, 0.6) is 0 Å². The van der Waals surface area contributed by atoms with E-state index in [0.29, 0.717) is 6.54 Å². The molecule has 0 saturated heterocycles. The van der Waals surface area contributed by atoms with Gasteiger partial charge in [0.1, 0.15) is 0 Å². The normalized spacial score (nSPS) is 11.3. The number of hydrogen-bond donors (Lipinski definition) is 2. The standard InChI is InChI=1S/C14H21BrN2O/c1-4-14(3,5-2)16-10-13(18)17-12-8-6-11(15)7-9-12/h6-9,16H,4-5,10H2,1-3H3,(H,17,18). The zero-order valence-corrected chi connectivity index (χ0v) is 12.8. The highest BCUT2D eigenvalue weighted by atomic mass is 79.9. The molecule has 1 amide bonds. The van der Waals surface area contributed by atoms with Crippen LogP contribution in [0.15, 0.2) is 28.7 Å².